The van der Waals surface area contributed by atoms with Crippen molar-refractivity contribution < 1.29 is 0 Å². The molecule has 5 aromatic carbocycles. The van der Waals surface area contributed by atoms with Crippen LogP contribution in [0.3, 0.4) is 0 Å². The van der Waals surface area contributed by atoms with Crippen molar-refractivity contribution in [2.75, 3.05) is 0 Å². The minimum atomic E-state index is -0.0256. The second-order valence-corrected chi connectivity index (χ2v) is 14.0. The van der Waals surface area contributed by atoms with E-state index in [0.717, 1.165) is 45.2 Å². The third-order valence-electron chi connectivity index (χ3n) is 9.52. The second kappa shape index (κ2) is 11.0. The van der Waals surface area contributed by atoms with Gasteiger partial charge in [-0.25, -0.2) is 9.97 Å². The molecule has 2 nitrogen and oxygen atoms in total. The SMILES string of the molecule is CCC(C)(C)c1ccc(-c2ccccc2)c2cc(-c3ccc(-c4ccc5ccc6ccc(C(C)(C)C)nc6c5n4)cc3)ccc12. The molecule has 0 bridgehead atoms. The highest BCUT2D eigenvalue weighted by molar-refractivity contribution is 6.04. The van der Waals surface area contributed by atoms with Gasteiger partial charge in [0.25, 0.3) is 0 Å². The average Bonchev–Trinajstić information content (AvgIpc) is 3.07. The highest BCUT2D eigenvalue weighted by atomic mass is 14.8. The van der Waals surface area contributed by atoms with Gasteiger partial charge in [-0.05, 0) is 68.6 Å². The Morgan fingerprint density at radius 3 is 1.82 bits per heavy atom. The minimum absolute atomic E-state index is 0.0256. The van der Waals surface area contributed by atoms with Crippen molar-refractivity contribution in [2.24, 2.45) is 0 Å². The Balaban J connectivity index is 1.31. The zero-order valence-electron chi connectivity index (χ0n) is 27.1. The lowest BCUT2D eigenvalue weighted by Gasteiger charge is -2.26. The quantitative estimate of drug-likeness (QED) is 0.188. The van der Waals surface area contributed by atoms with E-state index in [9.17, 15) is 0 Å². The summed E-state index contributed by atoms with van der Waals surface area (Å²) in [7, 11) is 0. The number of aromatic nitrogens is 2. The van der Waals surface area contributed by atoms with E-state index >= 15 is 0 Å². The van der Waals surface area contributed by atoms with Gasteiger partial charge >= 0.3 is 0 Å². The molecule has 0 aliphatic carbocycles. The molecule has 0 N–H and O–H groups in total. The van der Waals surface area contributed by atoms with E-state index in [1.807, 2.05) is 0 Å². The fourth-order valence-corrected chi connectivity index (χ4v) is 6.36. The van der Waals surface area contributed by atoms with E-state index in [4.69, 9.17) is 9.97 Å². The summed E-state index contributed by atoms with van der Waals surface area (Å²) in [6, 6.07) is 44.1. The summed E-state index contributed by atoms with van der Waals surface area (Å²) in [6.45, 7) is 13.6. The maximum absolute atomic E-state index is 5.16. The van der Waals surface area contributed by atoms with Crippen molar-refractivity contribution in [3.8, 4) is 33.5 Å². The topological polar surface area (TPSA) is 25.8 Å². The second-order valence-electron chi connectivity index (χ2n) is 14.0. The van der Waals surface area contributed by atoms with Gasteiger partial charge in [0.1, 0.15) is 0 Å². The number of rotatable bonds is 5. The van der Waals surface area contributed by atoms with Crippen LogP contribution in [0.5, 0.6) is 0 Å². The third kappa shape index (κ3) is 5.29. The van der Waals surface area contributed by atoms with Crippen LogP contribution in [0.1, 0.15) is 59.2 Å². The highest BCUT2D eigenvalue weighted by Crippen LogP contribution is 2.40. The van der Waals surface area contributed by atoms with Gasteiger partial charge in [-0.2, -0.15) is 0 Å². The first-order chi connectivity index (χ1) is 21.6. The molecule has 0 spiro atoms. The number of hydrogen-bond donors (Lipinski definition) is 0. The zero-order valence-corrected chi connectivity index (χ0v) is 27.1. The van der Waals surface area contributed by atoms with E-state index in [1.165, 1.54) is 38.6 Å². The van der Waals surface area contributed by atoms with Crippen LogP contribution < -0.4 is 0 Å². The molecule has 0 saturated carbocycles. The van der Waals surface area contributed by atoms with Crippen LogP contribution in [-0.4, -0.2) is 9.97 Å². The molecule has 7 aromatic rings. The maximum atomic E-state index is 5.16. The van der Waals surface area contributed by atoms with Gasteiger partial charge in [0.15, 0.2) is 0 Å². The normalized spacial score (nSPS) is 12.3. The summed E-state index contributed by atoms with van der Waals surface area (Å²) in [4.78, 5) is 10.2. The number of hydrogen-bond acceptors (Lipinski definition) is 2. The highest BCUT2D eigenvalue weighted by Gasteiger charge is 2.22. The summed E-state index contributed by atoms with van der Waals surface area (Å²) in [5.41, 5.74) is 11.5. The molecule has 0 saturated heterocycles. The van der Waals surface area contributed by atoms with Crippen LogP contribution in [0.25, 0.3) is 66.1 Å². The minimum Gasteiger partial charge on any atom is -0.250 e. The van der Waals surface area contributed by atoms with E-state index in [0.29, 0.717) is 0 Å². The lowest BCUT2D eigenvalue weighted by molar-refractivity contribution is 0.511. The maximum Gasteiger partial charge on any atom is 0.0972 e. The molecule has 2 heterocycles. The summed E-state index contributed by atoms with van der Waals surface area (Å²) in [6.07, 6.45) is 1.09. The Hall–Kier alpha value is -4.82. The summed E-state index contributed by atoms with van der Waals surface area (Å²) in [5.74, 6) is 0. The lowest BCUT2D eigenvalue weighted by atomic mass is 9.78. The molecule has 0 atom stereocenters. The zero-order chi connectivity index (χ0) is 31.3. The third-order valence-corrected chi connectivity index (χ3v) is 9.52. The molecule has 0 unspecified atom stereocenters. The lowest BCUT2D eigenvalue weighted by Crippen LogP contribution is -2.16. The molecule has 2 heteroatoms. The fraction of sp³-hybridized carbons (Fsp3) is 0.209. The predicted molar refractivity (Wildman–Crippen MR) is 193 cm³/mol. The van der Waals surface area contributed by atoms with Crippen LogP contribution in [0, 0.1) is 0 Å². The molecule has 0 radical (unpaired) electrons. The molecule has 45 heavy (non-hydrogen) atoms. The Morgan fingerprint density at radius 1 is 0.511 bits per heavy atom. The van der Waals surface area contributed by atoms with Crippen LogP contribution in [0.4, 0.5) is 0 Å². The van der Waals surface area contributed by atoms with Gasteiger partial charge in [-0.3, -0.25) is 0 Å². The molecule has 0 fully saturated rings. The fourth-order valence-electron chi connectivity index (χ4n) is 6.36. The number of nitrogens with zero attached hydrogens (tertiary/aromatic N) is 2. The standard InChI is InChI=1S/C43H40N2/c1-7-43(5,6)37-24-23-34(29-11-9-8-10-12-29)36-27-33(19-22-35(36)37)28-13-15-30(16-14-28)38-25-20-31-17-18-32-21-26-39(42(2,3)4)45-41(32)40(31)44-38/h8-27H,7H2,1-6H3. The van der Waals surface area contributed by atoms with E-state index in [-0.39, 0.29) is 10.8 Å². The van der Waals surface area contributed by atoms with Gasteiger partial charge in [0.05, 0.1) is 16.7 Å². The first-order valence-corrected chi connectivity index (χ1v) is 16.1. The van der Waals surface area contributed by atoms with Crippen LogP contribution in [-0.2, 0) is 10.8 Å². The Bertz CT molecular complexity index is 2180. The van der Waals surface area contributed by atoms with Crippen LogP contribution >= 0.6 is 0 Å². The van der Waals surface area contributed by atoms with Gasteiger partial charge in [-0.15, -0.1) is 0 Å². The van der Waals surface area contributed by atoms with E-state index in [2.05, 4.69) is 163 Å². The van der Waals surface area contributed by atoms with Crippen molar-refractivity contribution in [3.05, 3.63) is 133 Å². The van der Waals surface area contributed by atoms with E-state index < -0.39 is 0 Å². The van der Waals surface area contributed by atoms with Crippen molar-refractivity contribution in [2.45, 2.75) is 58.8 Å². The Kier molecular flexibility index (Phi) is 7.05. The molecule has 0 aliphatic rings. The van der Waals surface area contributed by atoms with Crippen LogP contribution in [0.15, 0.2) is 121 Å². The van der Waals surface area contributed by atoms with Crippen molar-refractivity contribution in [1.29, 1.82) is 0 Å². The van der Waals surface area contributed by atoms with Crippen LogP contribution in [0.2, 0.25) is 0 Å². The molecular weight excluding hydrogens is 544 g/mol. The average molecular weight is 585 g/mol. The van der Waals surface area contributed by atoms with Crippen molar-refractivity contribution >= 4 is 32.6 Å². The Morgan fingerprint density at radius 2 is 1.13 bits per heavy atom. The molecule has 2 aromatic heterocycles. The molecule has 0 amide bonds. The number of fused-ring (bicyclic) bond motifs is 4. The van der Waals surface area contributed by atoms with E-state index in [1.54, 1.807) is 0 Å². The van der Waals surface area contributed by atoms with Gasteiger partial charge in [0, 0.05) is 27.4 Å². The van der Waals surface area contributed by atoms with Gasteiger partial charge in [-0.1, -0.05) is 145 Å². The predicted octanol–water partition coefficient (Wildman–Crippen LogP) is 11.9. The first kappa shape index (κ1) is 28.9. The molecule has 7 rings (SSSR count). The number of pyridine rings is 2. The molecule has 222 valence electrons. The Labute approximate surface area is 266 Å². The smallest absolute Gasteiger partial charge is 0.0972 e. The van der Waals surface area contributed by atoms with Gasteiger partial charge in [0.2, 0.25) is 0 Å². The molecule has 0 aliphatic heterocycles. The first-order valence-electron chi connectivity index (χ1n) is 16.1. The summed E-state index contributed by atoms with van der Waals surface area (Å²) in [5, 5.41) is 4.86. The molecular formula is C43H40N2. The monoisotopic (exact) mass is 584 g/mol. The number of benzene rings is 5. The largest absolute Gasteiger partial charge is 0.250 e. The summed E-state index contributed by atoms with van der Waals surface area (Å²) < 4.78 is 0. The summed E-state index contributed by atoms with van der Waals surface area (Å²) >= 11 is 0. The van der Waals surface area contributed by atoms with Crippen molar-refractivity contribution in [1.82, 2.24) is 9.97 Å². The van der Waals surface area contributed by atoms with Gasteiger partial charge < -0.3 is 0 Å². The van der Waals surface area contributed by atoms with Crippen molar-refractivity contribution in [3.63, 3.8) is 0 Å².